The molecule has 28 heavy (non-hydrogen) atoms. The minimum absolute atomic E-state index is 0.0726. The van der Waals surface area contributed by atoms with Crippen molar-refractivity contribution in [3.8, 4) is 11.3 Å². The first kappa shape index (κ1) is 16.9. The molecule has 2 aromatic heterocycles. The molecule has 1 saturated heterocycles. The summed E-state index contributed by atoms with van der Waals surface area (Å²) in [7, 11) is 1.78. The van der Waals surface area contributed by atoms with Gasteiger partial charge in [0, 0.05) is 25.2 Å². The standard InChI is InChI=1S/C22H21N5O/c1-4-15-6-5-7-16(10-15)18-12-23-19-9-8-17(13-27(18)19)21(2)11-20(28)26(3)22(25-21)14-24-22/h4-10,12-14,25H,1,11H2,2-3H3/t21-,22?/m0/s1. The van der Waals surface area contributed by atoms with Crippen LogP contribution in [0.4, 0.5) is 0 Å². The maximum Gasteiger partial charge on any atom is 0.227 e. The maximum atomic E-state index is 12.6. The second-order valence-electron chi connectivity index (χ2n) is 7.69. The van der Waals surface area contributed by atoms with Gasteiger partial charge in [0.05, 0.1) is 23.6 Å². The first-order chi connectivity index (χ1) is 13.4. The summed E-state index contributed by atoms with van der Waals surface area (Å²) in [6, 6.07) is 12.2. The molecule has 2 aliphatic rings. The lowest BCUT2D eigenvalue weighted by Crippen LogP contribution is -2.64. The van der Waals surface area contributed by atoms with Crippen molar-refractivity contribution in [1.29, 1.82) is 0 Å². The van der Waals surface area contributed by atoms with Crippen molar-refractivity contribution >= 4 is 23.8 Å². The minimum atomic E-state index is -0.672. The van der Waals surface area contributed by atoms with Crippen LogP contribution in [0.3, 0.4) is 0 Å². The van der Waals surface area contributed by atoms with E-state index in [1.54, 1.807) is 18.2 Å². The molecule has 6 heteroatoms. The summed E-state index contributed by atoms with van der Waals surface area (Å²) in [5, 5.41) is 3.55. The van der Waals surface area contributed by atoms with Gasteiger partial charge in [-0.25, -0.2) is 9.98 Å². The monoisotopic (exact) mass is 371 g/mol. The van der Waals surface area contributed by atoms with E-state index in [-0.39, 0.29) is 5.91 Å². The number of fused-ring (bicyclic) bond motifs is 1. The van der Waals surface area contributed by atoms with Crippen LogP contribution < -0.4 is 5.32 Å². The number of aliphatic imine (C=N–C) groups is 1. The van der Waals surface area contributed by atoms with E-state index in [1.807, 2.05) is 36.5 Å². The Morgan fingerprint density at radius 2 is 2.11 bits per heavy atom. The van der Waals surface area contributed by atoms with Gasteiger partial charge in [-0.05, 0) is 30.2 Å². The summed E-state index contributed by atoms with van der Waals surface area (Å²) in [5.74, 6) is -0.599. The molecule has 1 fully saturated rings. The van der Waals surface area contributed by atoms with E-state index in [9.17, 15) is 4.79 Å². The van der Waals surface area contributed by atoms with Crippen molar-refractivity contribution in [2.75, 3.05) is 7.05 Å². The number of aromatic nitrogens is 2. The molecule has 140 valence electrons. The van der Waals surface area contributed by atoms with Gasteiger partial charge >= 0.3 is 0 Å². The van der Waals surface area contributed by atoms with E-state index in [0.29, 0.717) is 6.42 Å². The average molecular weight is 371 g/mol. The van der Waals surface area contributed by atoms with Crippen LogP contribution >= 0.6 is 0 Å². The largest absolute Gasteiger partial charge is 0.304 e. The van der Waals surface area contributed by atoms with Crippen molar-refractivity contribution in [3.63, 3.8) is 0 Å². The normalized spacial score (nSPS) is 26.2. The van der Waals surface area contributed by atoms with E-state index in [0.717, 1.165) is 28.0 Å². The first-order valence-electron chi connectivity index (χ1n) is 9.27. The minimum Gasteiger partial charge on any atom is -0.304 e. The van der Waals surface area contributed by atoms with Crippen molar-refractivity contribution < 1.29 is 4.79 Å². The topological polar surface area (TPSA) is 62.0 Å². The van der Waals surface area contributed by atoms with Crippen LogP contribution in [0.25, 0.3) is 23.0 Å². The van der Waals surface area contributed by atoms with Gasteiger partial charge < -0.3 is 4.90 Å². The predicted molar refractivity (Wildman–Crippen MR) is 110 cm³/mol. The predicted octanol–water partition coefficient (Wildman–Crippen LogP) is 3.05. The lowest BCUT2D eigenvalue weighted by molar-refractivity contribution is -0.140. The number of carbonyl (C=O) groups excluding carboxylic acids is 1. The van der Waals surface area contributed by atoms with Crippen LogP contribution in [-0.2, 0) is 10.3 Å². The second kappa shape index (κ2) is 5.62. The number of imidazole rings is 1. The molecule has 2 atom stereocenters. The quantitative estimate of drug-likeness (QED) is 0.770. The molecule has 0 radical (unpaired) electrons. The van der Waals surface area contributed by atoms with Crippen LogP contribution in [0.2, 0.25) is 0 Å². The van der Waals surface area contributed by atoms with Gasteiger partial charge in [-0.3, -0.25) is 14.5 Å². The Morgan fingerprint density at radius 3 is 2.86 bits per heavy atom. The lowest BCUT2D eigenvalue weighted by Gasteiger charge is -2.43. The van der Waals surface area contributed by atoms with Crippen molar-refractivity contribution in [1.82, 2.24) is 19.6 Å². The number of nitrogens with zero attached hydrogens (tertiary/aromatic N) is 4. The lowest BCUT2D eigenvalue weighted by atomic mass is 9.86. The molecule has 1 unspecified atom stereocenters. The van der Waals surface area contributed by atoms with Gasteiger partial charge in [-0.15, -0.1) is 0 Å². The second-order valence-corrected chi connectivity index (χ2v) is 7.69. The summed E-state index contributed by atoms with van der Waals surface area (Å²) < 4.78 is 2.08. The zero-order valence-corrected chi connectivity index (χ0v) is 15.9. The third-order valence-electron chi connectivity index (χ3n) is 5.78. The molecular weight excluding hydrogens is 350 g/mol. The van der Waals surface area contributed by atoms with Gasteiger partial charge in [0.15, 0.2) is 0 Å². The van der Waals surface area contributed by atoms with Crippen LogP contribution in [-0.4, -0.2) is 39.2 Å². The van der Waals surface area contributed by atoms with E-state index < -0.39 is 11.3 Å². The number of pyridine rings is 1. The highest BCUT2D eigenvalue weighted by molar-refractivity contribution is 5.92. The zero-order chi connectivity index (χ0) is 19.5. The summed E-state index contributed by atoms with van der Waals surface area (Å²) in [4.78, 5) is 23.1. The third-order valence-corrected chi connectivity index (χ3v) is 5.78. The smallest absolute Gasteiger partial charge is 0.227 e. The Balaban J connectivity index is 1.60. The molecule has 1 aromatic carbocycles. The molecule has 0 aliphatic carbocycles. The van der Waals surface area contributed by atoms with Crippen molar-refractivity contribution in [2.45, 2.75) is 24.7 Å². The molecule has 3 aromatic rings. The van der Waals surface area contributed by atoms with Crippen LogP contribution in [0.15, 0.2) is 60.4 Å². The van der Waals surface area contributed by atoms with Crippen LogP contribution in [0.5, 0.6) is 0 Å². The van der Waals surface area contributed by atoms with Gasteiger partial charge in [-0.1, -0.05) is 36.9 Å². The SMILES string of the molecule is C=Cc1cccc(-c2cnc3ccc([C@]4(C)CC(=O)N(C)C5(C=N5)N4)cn23)c1. The Bertz CT molecular complexity index is 1150. The number of nitrogens with one attached hydrogen (secondary N) is 1. The average Bonchev–Trinajstić information content (AvgIpc) is 3.33. The Morgan fingerprint density at radius 1 is 1.29 bits per heavy atom. The Hall–Kier alpha value is -3.25. The highest BCUT2D eigenvalue weighted by atomic mass is 16.2. The summed E-state index contributed by atoms with van der Waals surface area (Å²) in [6.07, 6.45) is 7.94. The number of carbonyl (C=O) groups is 1. The highest BCUT2D eigenvalue weighted by Gasteiger charge is 2.54. The van der Waals surface area contributed by atoms with Crippen LogP contribution in [0.1, 0.15) is 24.5 Å². The maximum absolute atomic E-state index is 12.6. The van der Waals surface area contributed by atoms with Gasteiger partial charge in [0.25, 0.3) is 0 Å². The Labute approximate surface area is 163 Å². The molecule has 6 nitrogen and oxygen atoms in total. The molecule has 1 amide bonds. The summed E-state index contributed by atoms with van der Waals surface area (Å²) in [6.45, 7) is 5.91. The van der Waals surface area contributed by atoms with Gasteiger partial charge in [0.1, 0.15) is 5.65 Å². The summed E-state index contributed by atoms with van der Waals surface area (Å²) >= 11 is 0. The fourth-order valence-corrected chi connectivity index (χ4v) is 3.96. The number of hydrogen-bond donors (Lipinski definition) is 1. The number of amides is 1. The fraction of sp³-hybridized carbons (Fsp3) is 0.227. The highest BCUT2D eigenvalue weighted by Crippen LogP contribution is 2.38. The Kier molecular flexibility index (Phi) is 3.39. The van der Waals surface area contributed by atoms with E-state index in [2.05, 4.69) is 51.5 Å². The number of hydrogen-bond acceptors (Lipinski definition) is 4. The third kappa shape index (κ3) is 2.42. The summed E-state index contributed by atoms with van der Waals surface area (Å²) in [5.41, 5.74) is 4.51. The zero-order valence-electron chi connectivity index (χ0n) is 15.9. The van der Waals surface area contributed by atoms with E-state index in [4.69, 9.17) is 0 Å². The molecule has 1 spiro atoms. The molecule has 0 bridgehead atoms. The van der Waals surface area contributed by atoms with Gasteiger partial charge in [-0.2, -0.15) is 0 Å². The van der Waals surface area contributed by atoms with Crippen molar-refractivity contribution in [2.24, 2.45) is 4.99 Å². The van der Waals surface area contributed by atoms with E-state index in [1.165, 1.54) is 0 Å². The molecule has 2 aliphatic heterocycles. The number of rotatable bonds is 3. The van der Waals surface area contributed by atoms with Crippen LogP contribution in [0, 0.1) is 0 Å². The molecule has 1 N–H and O–H groups in total. The molecule has 0 saturated carbocycles. The molecular formula is C22H21N5O. The fourth-order valence-electron chi connectivity index (χ4n) is 3.96. The number of benzene rings is 1. The van der Waals surface area contributed by atoms with E-state index >= 15 is 0 Å². The molecule has 5 rings (SSSR count). The van der Waals surface area contributed by atoms with Gasteiger partial charge in [0.2, 0.25) is 11.7 Å². The van der Waals surface area contributed by atoms with Crippen molar-refractivity contribution in [3.05, 3.63) is 66.5 Å². The molecule has 4 heterocycles. The first-order valence-corrected chi connectivity index (χ1v) is 9.27.